The van der Waals surface area contributed by atoms with Crippen LogP contribution in [0, 0.1) is 10.4 Å². The van der Waals surface area contributed by atoms with E-state index in [2.05, 4.69) is 0 Å². The molecule has 0 aromatic rings. The molecule has 1 aliphatic heterocycles. The molecule has 4 nitrogen and oxygen atoms in total. The van der Waals surface area contributed by atoms with Gasteiger partial charge in [-0.2, -0.15) is 0 Å². The van der Waals surface area contributed by atoms with Crippen molar-refractivity contribution < 1.29 is 9.29 Å². The van der Waals surface area contributed by atoms with Crippen molar-refractivity contribution in [1.29, 1.82) is 0 Å². The summed E-state index contributed by atoms with van der Waals surface area (Å²) < 4.78 is -0.480. The zero-order chi connectivity index (χ0) is 7.83. The van der Waals surface area contributed by atoms with Crippen molar-refractivity contribution in [2.24, 2.45) is 0 Å². The van der Waals surface area contributed by atoms with Gasteiger partial charge in [0.05, 0.1) is 14.1 Å². The minimum atomic E-state index is -0.240. The van der Waals surface area contributed by atoms with Crippen LogP contribution in [0.25, 0.3) is 0 Å². The van der Waals surface area contributed by atoms with Gasteiger partial charge in [-0.15, -0.1) is 0 Å². The molecule has 0 radical (unpaired) electrons. The van der Waals surface area contributed by atoms with E-state index >= 15 is 0 Å². The Morgan fingerprint density at radius 2 is 1.00 bits per heavy atom. The smallest absolute Gasteiger partial charge is 0.128 e. The molecule has 10 heavy (non-hydrogen) atoms. The second-order valence-corrected chi connectivity index (χ2v) is 3.49. The molecule has 1 fully saturated rings. The van der Waals surface area contributed by atoms with Crippen LogP contribution in [0.15, 0.2) is 0 Å². The fourth-order valence-corrected chi connectivity index (χ4v) is 1.07. The minimum absolute atomic E-state index is 0.240. The van der Waals surface area contributed by atoms with E-state index in [4.69, 9.17) is 0 Å². The van der Waals surface area contributed by atoms with Crippen LogP contribution >= 0.6 is 0 Å². The summed E-state index contributed by atoms with van der Waals surface area (Å²) in [5, 5.41) is 22.4. The monoisotopic (exact) mass is 146 g/mol. The van der Waals surface area contributed by atoms with Gasteiger partial charge in [0.15, 0.2) is 0 Å². The van der Waals surface area contributed by atoms with E-state index in [0.717, 1.165) is 0 Å². The summed E-state index contributed by atoms with van der Waals surface area (Å²) in [6, 6.07) is 0. The lowest BCUT2D eigenvalue weighted by molar-refractivity contribution is -0.971. The molecule has 60 valence electrons. The average Bonchev–Trinajstić information content (AvgIpc) is 1.79. The Balaban J connectivity index is 2.46. The van der Waals surface area contributed by atoms with E-state index in [0.29, 0.717) is 26.2 Å². The van der Waals surface area contributed by atoms with E-state index in [1.165, 1.54) is 0 Å². The molecule has 0 unspecified atom stereocenters. The fraction of sp³-hybridized carbons (Fsp3) is 1.00. The summed E-state index contributed by atoms with van der Waals surface area (Å²) in [4.78, 5) is 0. The number of piperazine rings is 1. The molecular weight excluding hydrogens is 132 g/mol. The molecule has 0 bridgehead atoms. The third-order valence-corrected chi connectivity index (χ3v) is 2.09. The van der Waals surface area contributed by atoms with Gasteiger partial charge in [0.25, 0.3) is 0 Å². The van der Waals surface area contributed by atoms with Gasteiger partial charge in [0.2, 0.25) is 0 Å². The van der Waals surface area contributed by atoms with Crippen LogP contribution in [0.2, 0.25) is 0 Å². The third kappa shape index (κ3) is 1.91. The Kier molecular flexibility index (Phi) is 1.72. The minimum Gasteiger partial charge on any atom is -0.633 e. The third-order valence-electron chi connectivity index (χ3n) is 2.09. The van der Waals surface area contributed by atoms with Gasteiger partial charge in [-0.05, 0) is 0 Å². The van der Waals surface area contributed by atoms with Crippen LogP contribution < -0.4 is 0 Å². The van der Waals surface area contributed by atoms with Crippen LogP contribution in [-0.2, 0) is 0 Å². The average molecular weight is 146 g/mol. The van der Waals surface area contributed by atoms with Crippen molar-refractivity contribution >= 4 is 0 Å². The molecule has 0 aliphatic carbocycles. The van der Waals surface area contributed by atoms with Crippen LogP contribution in [0.4, 0.5) is 0 Å². The van der Waals surface area contributed by atoms with Crippen molar-refractivity contribution in [3.05, 3.63) is 10.4 Å². The maximum absolute atomic E-state index is 11.2. The number of likely N-dealkylation sites (N-methyl/N-ethyl adjacent to an activating group) is 2. The maximum atomic E-state index is 11.2. The summed E-state index contributed by atoms with van der Waals surface area (Å²) in [6.45, 7) is 1.83. The van der Waals surface area contributed by atoms with Crippen molar-refractivity contribution in [2.45, 2.75) is 0 Å². The lowest BCUT2D eigenvalue weighted by Gasteiger charge is -2.50. The van der Waals surface area contributed by atoms with Gasteiger partial charge in [-0.3, -0.25) is 0 Å². The molecule has 0 atom stereocenters. The highest BCUT2D eigenvalue weighted by atomic mass is 16.6. The molecular formula is C6H14N2O2. The largest absolute Gasteiger partial charge is 0.633 e. The Bertz CT molecular complexity index is 106. The maximum Gasteiger partial charge on any atom is 0.128 e. The quantitative estimate of drug-likeness (QED) is 0.353. The topological polar surface area (TPSA) is 46.1 Å². The first-order valence-corrected chi connectivity index (χ1v) is 3.52. The number of rotatable bonds is 0. The van der Waals surface area contributed by atoms with Gasteiger partial charge < -0.3 is 19.7 Å². The van der Waals surface area contributed by atoms with Crippen molar-refractivity contribution in [3.8, 4) is 0 Å². The normalized spacial score (nSPS) is 49.2. The highest BCUT2D eigenvalue weighted by Crippen LogP contribution is 2.11. The summed E-state index contributed by atoms with van der Waals surface area (Å²) in [6.07, 6.45) is 0. The zero-order valence-corrected chi connectivity index (χ0v) is 6.54. The van der Waals surface area contributed by atoms with Crippen molar-refractivity contribution in [1.82, 2.24) is 0 Å². The van der Waals surface area contributed by atoms with Crippen LogP contribution in [-0.4, -0.2) is 49.6 Å². The van der Waals surface area contributed by atoms with Gasteiger partial charge in [0, 0.05) is 0 Å². The predicted molar refractivity (Wildman–Crippen MR) is 38.6 cm³/mol. The predicted octanol–water partition coefficient (Wildman–Crippen LogP) is -0.111. The number of hydroxylamine groups is 6. The van der Waals surface area contributed by atoms with Crippen molar-refractivity contribution in [3.63, 3.8) is 0 Å². The Labute approximate surface area is 61.0 Å². The number of hydrogen-bond donors (Lipinski definition) is 0. The Morgan fingerprint density at radius 1 is 0.800 bits per heavy atom. The molecule has 0 aromatic heterocycles. The first-order valence-electron chi connectivity index (χ1n) is 3.52. The standard InChI is InChI=1S/C6H14N2O2/c1-7(9)3-5-8(2,10)6-4-7/h3-6H2,1-2H3. The highest BCUT2D eigenvalue weighted by molar-refractivity contribution is 4.49. The van der Waals surface area contributed by atoms with Gasteiger partial charge in [0.1, 0.15) is 26.2 Å². The van der Waals surface area contributed by atoms with Crippen molar-refractivity contribution in [2.75, 3.05) is 40.3 Å². The summed E-state index contributed by atoms with van der Waals surface area (Å²) in [7, 11) is 3.25. The molecule has 0 aromatic carbocycles. The molecule has 0 saturated carbocycles. The SMILES string of the molecule is C[N+]1([O-])CC[N+](C)([O-])CC1. The molecule has 0 amide bonds. The lowest BCUT2D eigenvalue weighted by Crippen LogP contribution is -2.59. The highest BCUT2D eigenvalue weighted by Gasteiger charge is 2.25. The second-order valence-electron chi connectivity index (χ2n) is 3.49. The van der Waals surface area contributed by atoms with Crippen LogP contribution in [0.3, 0.4) is 0 Å². The van der Waals surface area contributed by atoms with E-state index in [1.807, 2.05) is 0 Å². The summed E-state index contributed by atoms with van der Waals surface area (Å²) in [5.74, 6) is 0. The summed E-state index contributed by atoms with van der Waals surface area (Å²) in [5.41, 5.74) is 0. The zero-order valence-electron chi connectivity index (χ0n) is 6.54. The number of quaternary nitrogens is 2. The molecule has 1 heterocycles. The Morgan fingerprint density at radius 3 is 1.20 bits per heavy atom. The van der Waals surface area contributed by atoms with Crippen LogP contribution in [0.5, 0.6) is 0 Å². The van der Waals surface area contributed by atoms with E-state index in [9.17, 15) is 10.4 Å². The molecule has 1 aliphatic rings. The van der Waals surface area contributed by atoms with E-state index < -0.39 is 0 Å². The van der Waals surface area contributed by atoms with Crippen LogP contribution in [0.1, 0.15) is 0 Å². The van der Waals surface area contributed by atoms with Gasteiger partial charge in [-0.1, -0.05) is 0 Å². The lowest BCUT2D eigenvalue weighted by atomic mass is 10.3. The molecule has 1 saturated heterocycles. The number of hydrogen-bond acceptors (Lipinski definition) is 2. The number of nitrogens with zero attached hydrogens (tertiary/aromatic N) is 2. The molecule has 0 N–H and O–H groups in total. The molecule has 1 rings (SSSR count). The van der Waals surface area contributed by atoms with E-state index in [1.54, 1.807) is 14.1 Å². The van der Waals surface area contributed by atoms with Gasteiger partial charge in [-0.25, -0.2) is 0 Å². The molecule has 4 heteroatoms. The van der Waals surface area contributed by atoms with E-state index in [-0.39, 0.29) is 9.29 Å². The second kappa shape index (κ2) is 2.17. The first kappa shape index (κ1) is 7.94. The fourth-order valence-electron chi connectivity index (χ4n) is 1.07. The van der Waals surface area contributed by atoms with Gasteiger partial charge >= 0.3 is 0 Å². The molecule has 0 spiro atoms. The Hall–Kier alpha value is -0.160. The first-order chi connectivity index (χ1) is 4.41. The summed E-state index contributed by atoms with van der Waals surface area (Å²) >= 11 is 0.